The Bertz CT molecular complexity index is 916. The van der Waals surface area contributed by atoms with E-state index in [0.717, 1.165) is 34.5 Å². The number of pyridine rings is 1. The van der Waals surface area contributed by atoms with Gasteiger partial charge in [0, 0.05) is 16.7 Å². The van der Waals surface area contributed by atoms with Gasteiger partial charge in [0.1, 0.15) is 5.69 Å². The Morgan fingerprint density at radius 2 is 1.96 bits per heavy atom. The largest absolute Gasteiger partial charge is 0.412 e. The van der Waals surface area contributed by atoms with Crippen molar-refractivity contribution in [1.29, 1.82) is 0 Å². The van der Waals surface area contributed by atoms with E-state index in [9.17, 15) is 4.79 Å². The highest BCUT2D eigenvalue weighted by Gasteiger charge is 2.23. The van der Waals surface area contributed by atoms with Crippen molar-refractivity contribution < 1.29 is 11.0 Å². The summed E-state index contributed by atoms with van der Waals surface area (Å²) in [5.41, 5.74) is 2.50. The lowest BCUT2D eigenvalue weighted by Crippen LogP contribution is -2.08. The van der Waals surface area contributed by atoms with E-state index in [-0.39, 0.29) is 16.5 Å². The van der Waals surface area contributed by atoms with E-state index in [1.807, 2.05) is 30.3 Å². The van der Waals surface area contributed by atoms with Crippen LogP contribution in [0.3, 0.4) is 0 Å². The Morgan fingerprint density at radius 1 is 1.20 bits per heavy atom. The molecule has 25 heavy (non-hydrogen) atoms. The fraction of sp³-hybridized carbons (Fsp3) is 0.294. The third-order valence-corrected chi connectivity index (χ3v) is 5.07. The second kappa shape index (κ2) is 7.83. The minimum atomic E-state index is -0.0902. The SMILES string of the molecule is NSc1cccc(-c2nn(C3CCCC3)c3cc[nH]c(=O)c23)c1.O.O. The standard InChI is InChI=1S/C17H18N4OS.2H2O/c18-23-13-7-3-4-11(10-13)16-15-14(8-9-19-17(15)22)21(20-16)12-5-1-2-6-12;;/h3-4,7-10,12H,1-2,5-6,18H2,(H,19,22);2*1H2. The number of aromatic nitrogens is 3. The molecular formula is C17H22N4O3S. The number of benzene rings is 1. The highest BCUT2D eigenvalue weighted by Crippen LogP contribution is 2.34. The molecule has 0 aliphatic heterocycles. The van der Waals surface area contributed by atoms with Gasteiger partial charge in [0.25, 0.3) is 5.56 Å². The van der Waals surface area contributed by atoms with E-state index in [1.165, 1.54) is 24.8 Å². The molecule has 7 nitrogen and oxygen atoms in total. The first-order valence-corrected chi connectivity index (χ1v) is 8.73. The number of H-pyrrole nitrogens is 1. The molecule has 8 heteroatoms. The van der Waals surface area contributed by atoms with Crippen molar-refractivity contribution >= 4 is 22.9 Å². The van der Waals surface area contributed by atoms with E-state index < -0.39 is 0 Å². The minimum absolute atomic E-state index is 0. The lowest BCUT2D eigenvalue weighted by molar-refractivity contribution is 0.483. The monoisotopic (exact) mass is 362 g/mol. The summed E-state index contributed by atoms with van der Waals surface area (Å²) in [6.07, 6.45) is 6.41. The number of aromatic amines is 1. The van der Waals surface area contributed by atoms with Gasteiger partial charge in [-0.15, -0.1) is 0 Å². The van der Waals surface area contributed by atoms with Crippen molar-refractivity contribution in [2.45, 2.75) is 36.6 Å². The van der Waals surface area contributed by atoms with Crippen LogP contribution in [0.1, 0.15) is 31.7 Å². The van der Waals surface area contributed by atoms with Gasteiger partial charge in [0.15, 0.2) is 0 Å². The van der Waals surface area contributed by atoms with Gasteiger partial charge in [-0.2, -0.15) is 5.10 Å². The van der Waals surface area contributed by atoms with Gasteiger partial charge in [0.2, 0.25) is 0 Å². The first-order chi connectivity index (χ1) is 11.3. The number of fused-ring (bicyclic) bond motifs is 1. The van der Waals surface area contributed by atoms with Gasteiger partial charge in [-0.3, -0.25) is 14.6 Å². The number of nitrogens with two attached hydrogens (primary N) is 1. The average Bonchev–Trinajstić information content (AvgIpc) is 3.23. The second-order valence-corrected chi connectivity index (χ2v) is 6.65. The number of hydrogen-bond acceptors (Lipinski definition) is 4. The van der Waals surface area contributed by atoms with Crippen LogP contribution in [0.25, 0.3) is 22.2 Å². The summed E-state index contributed by atoms with van der Waals surface area (Å²) in [5, 5.41) is 11.2. The van der Waals surface area contributed by atoms with Crippen LogP contribution < -0.4 is 10.7 Å². The molecule has 4 rings (SSSR count). The number of rotatable bonds is 3. The third-order valence-electron chi connectivity index (χ3n) is 4.54. The van der Waals surface area contributed by atoms with Crippen molar-refractivity contribution in [2.24, 2.45) is 5.14 Å². The topological polar surface area (TPSA) is 140 Å². The number of hydrogen-bond donors (Lipinski definition) is 2. The molecule has 1 aromatic carbocycles. The molecule has 0 saturated heterocycles. The molecule has 1 aliphatic rings. The molecule has 1 fully saturated rings. The van der Waals surface area contributed by atoms with E-state index >= 15 is 0 Å². The molecule has 3 aromatic rings. The van der Waals surface area contributed by atoms with Gasteiger partial charge < -0.3 is 15.9 Å². The number of nitrogens with zero attached hydrogens (tertiary/aromatic N) is 2. The van der Waals surface area contributed by atoms with E-state index in [0.29, 0.717) is 11.4 Å². The lowest BCUT2D eigenvalue weighted by Gasteiger charge is -2.10. The lowest BCUT2D eigenvalue weighted by atomic mass is 10.1. The minimum Gasteiger partial charge on any atom is -0.412 e. The fourth-order valence-electron chi connectivity index (χ4n) is 3.45. The Kier molecular flexibility index (Phi) is 6.02. The molecule has 7 N–H and O–H groups in total. The van der Waals surface area contributed by atoms with Crippen LogP contribution in [-0.4, -0.2) is 25.7 Å². The highest BCUT2D eigenvalue weighted by atomic mass is 32.2. The molecule has 0 atom stereocenters. The maximum Gasteiger partial charge on any atom is 0.259 e. The van der Waals surface area contributed by atoms with Crippen LogP contribution >= 0.6 is 11.9 Å². The second-order valence-electron chi connectivity index (χ2n) is 5.94. The molecule has 1 aliphatic carbocycles. The molecule has 0 amide bonds. The number of nitrogens with one attached hydrogen (secondary N) is 1. The summed E-state index contributed by atoms with van der Waals surface area (Å²) in [5.74, 6) is 0. The summed E-state index contributed by atoms with van der Waals surface area (Å²) in [6, 6.07) is 10.2. The summed E-state index contributed by atoms with van der Waals surface area (Å²) in [6.45, 7) is 0. The zero-order valence-electron chi connectivity index (χ0n) is 13.7. The van der Waals surface area contributed by atoms with E-state index in [1.54, 1.807) is 6.20 Å². The van der Waals surface area contributed by atoms with Crippen LogP contribution in [0.15, 0.2) is 46.2 Å². The van der Waals surface area contributed by atoms with Crippen molar-refractivity contribution in [3.63, 3.8) is 0 Å². The summed E-state index contributed by atoms with van der Waals surface area (Å²) in [7, 11) is 0. The van der Waals surface area contributed by atoms with Crippen molar-refractivity contribution in [1.82, 2.24) is 14.8 Å². The van der Waals surface area contributed by atoms with Crippen molar-refractivity contribution in [3.8, 4) is 11.3 Å². The van der Waals surface area contributed by atoms with Crippen LogP contribution in [0.4, 0.5) is 0 Å². The third kappa shape index (κ3) is 3.34. The normalized spacial score (nSPS) is 14.3. The highest BCUT2D eigenvalue weighted by molar-refractivity contribution is 7.97. The molecule has 2 heterocycles. The molecule has 0 bridgehead atoms. The maximum absolute atomic E-state index is 12.4. The van der Waals surface area contributed by atoms with Crippen LogP contribution in [0, 0.1) is 0 Å². The summed E-state index contributed by atoms with van der Waals surface area (Å²) in [4.78, 5) is 16.2. The smallest absolute Gasteiger partial charge is 0.259 e. The van der Waals surface area contributed by atoms with Crippen LogP contribution in [0.5, 0.6) is 0 Å². The van der Waals surface area contributed by atoms with Crippen molar-refractivity contribution in [2.75, 3.05) is 0 Å². The molecule has 0 unspecified atom stereocenters. The molecule has 134 valence electrons. The predicted octanol–water partition coefficient (Wildman–Crippen LogP) is 1.82. The van der Waals surface area contributed by atoms with Crippen molar-refractivity contribution in [3.05, 3.63) is 46.9 Å². The zero-order valence-corrected chi connectivity index (χ0v) is 14.5. The molecular weight excluding hydrogens is 340 g/mol. The fourth-order valence-corrected chi connectivity index (χ4v) is 3.80. The van der Waals surface area contributed by atoms with E-state index in [4.69, 9.17) is 10.2 Å². The Morgan fingerprint density at radius 3 is 2.68 bits per heavy atom. The van der Waals surface area contributed by atoms with Crippen LogP contribution in [-0.2, 0) is 0 Å². The Labute approximate surface area is 149 Å². The zero-order chi connectivity index (χ0) is 15.8. The molecule has 1 saturated carbocycles. The van der Waals surface area contributed by atoms with Gasteiger partial charge in [-0.05, 0) is 43.0 Å². The Balaban J connectivity index is 0.00000113. The first kappa shape index (κ1) is 19.2. The average molecular weight is 362 g/mol. The molecule has 2 aromatic heterocycles. The van der Waals surface area contributed by atoms with Gasteiger partial charge in [0.05, 0.1) is 16.9 Å². The first-order valence-electron chi connectivity index (χ1n) is 7.85. The molecule has 0 radical (unpaired) electrons. The summed E-state index contributed by atoms with van der Waals surface area (Å²) < 4.78 is 2.05. The summed E-state index contributed by atoms with van der Waals surface area (Å²) >= 11 is 1.20. The van der Waals surface area contributed by atoms with Gasteiger partial charge in [-0.25, -0.2) is 0 Å². The maximum atomic E-state index is 12.4. The van der Waals surface area contributed by atoms with Gasteiger partial charge in [-0.1, -0.05) is 25.0 Å². The molecule has 0 spiro atoms. The quantitative estimate of drug-likeness (QED) is 0.686. The van der Waals surface area contributed by atoms with Gasteiger partial charge >= 0.3 is 0 Å². The predicted molar refractivity (Wildman–Crippen MR) is 101 cm³/mol. The van der Waals surface area contributed by atoms with Crippen LogP contribution in [0.2, 0.25) is 0 Å². The van der Waals surface area contributed by atoms with E-state index in [2.05, 4.69) is 9.67 Å². The Hall–Kier alpha value is -2.13.